The smallest absolute Gasteiger partial charge is 0.305 e. The summed E-state index contributed by atoms with van der Waals surface area (Å²) in [5, 5.41) is 0. The summed E-state index contributed by atoms with van der Waals surface area (Å²) in [5.41, 5.74) is 1.71. The Balaban J connectivity index is 2.22. The lowest BCUT2D eigenvalue weighted by atomic mass is 9.46. The van der Waals surface area contributed by atoms with Gasteiger partial charge in [-0.3, -0.25) is 9.59 Å². The number of hydrogen-bond acceptors (Lipinski definition) is 4. The van der Waals surface area contributed by atoms with Crippen LogP contribution in [0, 0.1) is 28.6 Å². The first kappa shape index (κ1) is 22.0. The maximum atomic E-state index is 11.6. The minimum Gasteiger partial charge on any atom is -0.469 e. The molecular weight excluding hydrogens is 340 g/mol. The van der Waals surface area contributed by atoms with Crippen molar-refractivity contribution in [2.24, 2.45) is 28.6 Å². The molecular formula is C23H38O4. The molecule has 0 aromatic heterocycles. The quantitative estimate of drug-likeness (QED) is 0.464. The molecule has 0 spiro atoms. The van der Waals surface area contributed by atoms with Gasteiger partial charge in [-0.25, -0.2) is 0 Å². The Morgan fingerprint density at radius 1 is 1.33 bits per heavy atom. The first-order chi connectivity index (χ1) is 12.5. The van der Waals surface area contributed by atoms with Crippen molar-refractivity contribution in [1.29, 1.82) is 0 Å². The molecule has 1 saturated carbocycles. The molecule has 0 aromatic carbocycles. The van der Waals surface area contributed by atoms with Gasteiger partial charge >= 0.3 is 11.9 Å². The molecule has 2 rings (SSSR count). The molecule has 4 nitrogen and oxygen atoms in total. The first-order valence-corrected chi connectivity index (χ1v) is 10.5. The van der Waals surface area contributed by atoms with E-state index in [0.29, 0.717) is 24.2 Å². The van der Waals surface area contributed by atoms with E-state index in [2.05, 4.69) is 40.7 Å². The van der Waals surface area contributed by atoms with Gasteiger partial charge in [0, 0.05) is 13.3 Å². The summed E-state index contributed by atoms with van der Waals surface area (Å²) >= 11 is 0. The molecule has 2 aliphatic rings. The first-order valence-electron chi connectivity index (χ1n) is 10.5. The van der Waals surface area contributed by atoms with Crippen molar-refractivity contribution < 1.29 is 19.1 Å². The molecule has 0 heterocycles. The standard InChI is InChI=1S/C23H38O4/c1-15(12-21(25)26-7)8-10-22(5)16(2)9-11-23(6)17(3)13-19(14-20(22)23)27-18(4)24/h13,15-16,19-20H,8-12,14H2,1-7H3/t15?,16-,19+,20-,22+,23+/m1/s1. The lowest BCUT2D eigenvalue weighted by Crippen LogP contribution is -2.52. The number of hydrogen-bond donors (Lipinski definition) is 0. The number of carbonyl (C=O) groups excluding carboxylic acids is 2. The highest BCUT2D eigenvalue weighted by Gasteiger charge is 2.54. The molecule has 0 bridgehead atoms. The van der Waals surface area contributed by atoms with E-state index in [1.165, 1.54) is 32.4 Å². The van der Waals surface area contributed by atoms with Gasteiger partial charge in [-0.2, -0.15) is 0 Å². The molecule has 0 aromatic rings. The zero-order valence-corrected chi connectivity index (χ0v) is 18.3. The molecule has 27 heavy (non-hydrogen) atoms. The lowest BCUT2D eigenvalue weighted by molar-refractivity contribution is -0.148. The Hall–Kier alpha value is -1.32. The van der Waals surface area contributed by atoms with Crippen LogP contribution in [0.4, 0.5) is 0 Å². The Morgan fingerprint density at radius 2 is 2.00 bits per heavy atom. The van der Waals surface area contributed by atoms with Gasteiger partial charge in [-0.15, -0.1) is 0 Å². The fraction of sp³-hybridized carbons (Fsp3) is 0.826. The van der Waals surface area contributed by atoms with Gasteiger partial charge < -0.3 is 9.47 Å². The third-order valence-corrected chi connectivity index (χ3v) is 7.83. The van der Waals surface area contributed by atoms with Crippen molar-refractivity contribution in [3.8, 4) is 0 Å². The highest BCUT2D eigenvalue weighted by molar-refractivity contribution is 5.69. The highest BCUT2D eigenvalue weighted by Crippen LogP contribution is 2.62. The van der Waals surface area contributed by atoms with E-state index in [9.17, 15) is 9.59 Å². The van der Waals surface area contributed by atoms with Crippen molar-refractivity contribution in [1.82, 2.24) is 0 Å². The van der Waals surface area contributed by atoms with Gasteiger partial charge in [0.25, 0.3) is 0 Å². The van der Waals surface area contributed by atoms with Crippen LogP contribution in [-0.4, -0.2) is 25.2 Å². The average molecular weight is 379 g/mol. The zero-order valence-electron chi connectivity index (χ0n) is 18.3. The summed E-state index contributed by atoms with van der Waals surface area (Å²) in [5.74, 6) is 1.09. The number of fused-ring (bicyclic) bond motifs is 1. The van der Waals surface area contributed by atoms with E-state index >= 15 is 0 Å². The van der Waals surface area contributed by atoms with Crippen molar-refractivity contribution >= 4 is 11.9 Å². The Labute approximate surface area is 165 Å². The zero-order chi connectivity index (χ0) is 20.4. The average Bonchev–Trinajstić information content (AvgIpc) is 2.59. The largest absolute Gasteiger partial charge is 0.469 e. The summed E-state index contributed by atoms with van der Waals surface area (Å²) in [7, 11) is 1.46. The maximum absolute atomic E-state index is 11.6. The molecule has 0 saturated heterocycles. The van der Waals surface area contributed by atoms with Crippen LogP contribution in [-0.2, 0) is 19.1 Å². The molecule has 1 unspecified atom stereocenters. The van der Waals surface area contributed by atoms with Gasteiger partial charge in [0.1, 0.15) is 6.10 Å². The fourth-order valence-electron chi connectivity index (χ4n) is 5.61. The van der Waals surface area contributed by atoms with E-state index in [4.69, 9.17) is 9.47 Å². The summed E-state index contributed by atoms with van der Waals surface area (Å²) in [6, 6.07) is 0. The monoisotopic (exact) mass is 378 g/mol. The van der Waals surface area contributed by atoms with Crippen molar-refractivity contribution in [2.75, 3.05) is 7.11 Å². The van der Waals surface area contributed by atoms with Crippen LogP contribution >= 0.6 is 0 Å². The Kier molecular flexibility index (Phi) is 6.81. The third-order valence-electron chi connectivity index (χ3n) is 7.83. The van der Waals surface area contributed by atoms with Crippen LogP contribution in [0.2, 0.25) is 0 Å². The molecule has 4 heteroatoms. The minimum absolute atomic E-state index is 0.113. The maximum Gasteiger partial charge on any atom is 0.305 e. The summed E-state index contributed by atoms with van der Waals surface area (Å²) < 4.78 is 10.4. The number of esters is 2. The lowest BCUT2D eigenvalue weighted by Gasteiger charge is -2.59. The Bertz CT molecular complexity index is 595. The van der Waals surface area contributed by atoms with Crippen molar-refractivity contribution in [2.45, 2.75) is 86.2 Å². The highest BCUT2D eigenvalue weighted by atomic mass is 16.5. The molecule has 1 fully saturated rings. The molecule has 2 aliphatic carbocycles. The number of methoxy groups -OCH3 is 1. The third kappa shape index (κ3) is 4.57. The van der Waals surface area contributed by atoms with Crippen molar-refractivity contribution in [3.05, 3.63) is 11.6 Å². The topological polar surface area (TPSA) is 52.6 Å². The molecule has 6 atom stereocenters. The van der Waals surface area contributed by atoms with Crippen LogP contribution in [0.25, 0.3) is 0 Å². The number of carbonyl (C=O) groups is 2. The van der Waals surface area contributed by atoms with Gasteiger partial charge in [0.15, 0.2) is 0 Å². The minimum atomic E-state index is -0.204. The number of rotatable bonds is 6. The van der Waals surface area contributed by atoms with E-state index < -0.39 is 0 Å². The van der Waals surface area contributed by atoms with E-state index in [1.54, 1.807) is 0 Å². The molecule has 154 valence electrons. The Morgan fingerprint density at radius 3 is 2.59 bits per heavy atom. The van der Waals surface area contributed by atoms with Crippen LogP contribution in [0.15, 0.2) is 11.6 Å². The molecule has 0 amide bonds. The van der Waals surface area contributed by atoms with Crippen molar-refractivity contribution in [3.63, 3.8) is 0 Å². The molecule has 0 aliphatic heterocycles. The SMILES string of the molecule is COC(=O)CC(C)CC[C@@]1(C)[C@H](C)CC[C@@]2(C)C(C)=C[C@H](OC(C)=O)C[C@H]12. The predicted molar refractivity (Wildman–Crippen MR) is 107 cm³/mol. The second kappa shape index (κ2) is 8.36. The van der Waals surface area contributed by atoms with Crippen LogP contribution in [0.1, 0.15) is 80.1 Å². The van der Waals surface area contributed by atoms with E-state index in [1.807, 2.05) is 0 Å². The molecule has 0 radical (unpaired) electrons. The van der Waals surface area contributed by atoms with E-state index in [-0.39, 0.29) is 28.9 Å². The second-order valence-corrected chi connectivity index (χ2v) is 9.57. The van der Waals surface area contributed by atoms with Gasteiger partial charge in [-0.05, 0) is 73.7 Å². The van der Waals surface area contributed by atoms with Crippen LogP contribution < -0.4 is 0 Å². The summed E-state index contributed by atoms with van der Waals surface area (Å²) in [6.45, 7) is 13.0. The second-order valence-electron chi connectivity index (χ2n) is 9.57. The van der Waals surface area contributed by atoms with Gasteiger partial charge in [0.2, 0.25) is 0 Å². The van der Waals surface area contributed by atoms with Crippen LogP contribution in [0.5, 0.6) is 0 Å². The summed E-state index contributed by atoms with van der Waals surface area (Å²) in [6.07, 6.45) is 7.97. The van der Waals surface area contributed by atoms with Crippen LogP contribution in [0.3, 0.4) is 0 Å². The predicted octanol–water partition coefficient (Wildman–Crippen LogP) is 5.31. The number of allylic oxidation sites excluding steroid dienone is 1. The summed E-state index contributed by atoms with van der Waals surface area (Å²) in [4.78, 5) is 23.1. The van der Waals surface area contributed by atoms with E-state index in [0.717, 1.165) is 19.3 Å². The fourth-order valence-corrected chi connectivity index (χ4v) is 5.61. The van der Waals surface area contributed by atoms with Gasteiger partial charge in [-0.1, -0.05) is 33.3 Å². The molecule has 0 N–H and O–H groups in total. The van der Waals surface area contributed by atoms with Gasteiger partial charge in [0.05, 0.1) is 7.11 Å². The number of ether oxygens (including phenoxy) is 2. The normalized spacial score (nSPS) is 37.0.